The van der Waals surface area contributed by atoms with E-state index in [1.165, 1.54) is 7.11 Å². The highest BCUT2D eigenvalue weighted by molar-refractivity contribution is 7.54. The van der Waals surface area contributed by atoms with Gasteiger partial charge in [-0.15, -0.1) is 0 Å². The van der Waals surface area contributed by atoms with Crippen molar-refractivity contribution in [1.29, 1.82) is 0 Å². The summed E-state index contributed by atoms with van der Waals surface area (Å²) in [5, 5.41) is 13.2. The third kappa shape index (κ3) is 6.60. The number of carbonyl (C=O) groups is 1. The Balaban J connectivity index is 1.27. The Kier molecular flexibility index (Phi) is 9.05. The van der Waals surface area contributed by atoms with Crippen LogP contribution in [0.15, 0.2) is 48.8 Å². The van der Waals surface area contributed by atoms with E-state index in [2.05, 4.69) is 15.0 Å². The molecule has 2 aliphatic heterocycles. The summed E-state index contributed by atoms with van der Waals surface area (Å²) >= 11 is 0. The summed E-state index contributed by atoms with van der Waals surface area (Å²) in [5.74, 6) is -0.185. The molecule has 6 rings (SSSR count). The second kappa shape index (κ2) is 12.8. The lowest BCUT2D eigenvalue weighted by molar-refractivity contribution is -0.225. The molecule has 4 aromatic rings. The number of hydrogen-bond donors (Lipinski definition) is 1. The number of esters is 1. The average Bonchev–Trinajstić information content (AvgIpc) is 3.56. The van der Waals surface area contributed by atoms with Crippen LogP contribution in [0.4, 0.5) is 0 Å². The number of ether oxygens (including phenoxy) is 4. The lowest BCUT2D eigenvalue weighted by atomic mass is 9.86. The molecule has 252 valence electrons. The first-order valence-electron chi connectivity index (χ1n) is 15.6. The second-order valence-corrected chi connectivity index (χ2v) is 15.4. The molecule has 2 aromatic heterocycles. The van der Waals surface area contributed by atoms with E-state index >= 15 is 0 Å². The van der Waals surface area contributed by atoms with Crippen LogP contribution in [0.1, 0.15) is 46.2 Å². The zero-order valence-electron chi connectivity index (χ0n) is 27.4. The number of nitrogens with zero attached hydrogens (tertiary/aromatic N) is 4. The van der Waals surface area contributed by atoms with Crippen LogP contribution in [-0.4, -0.2) is 81.5 Å². The van der Waals surface area contributed by atoms with Gasteiger partial charge in [-0.2, -0.15) is 4.98 Å². The lowest BCUT2D eigenvalue weighted by Gasteiger charge is -2.44. The number of rotatable bonds is 11. The van der Waals surface area contributed by atoms with Gasteiger partial charge in [-0.3, -0.25) is 13.9 Å². The molecule has 13 nitrogen and oxygen atoms in total. The molecule has 0 bridgehead atoms. The van der Waals surface area contributed by atoms with Crippen molar-refractivity contribution in [2.75, 3.05) is 33.1 Å². The first-order chi connectivity index (χ1) is 22.3. The van der Waals surface area contributed by atoms with Gasteiger partial charge >= 0.3 is 13.6 Å². The summed E-state index contributed by atoms with van der Waals surface area (Å²) in [5.41, 5.74) is -0.461. The normalized spacial score (nSPS) is 24.6. The van der Waals surface area contributed by atoms with E-state index in [1.54, 1.807) is 36.9 Å². The van der Waals surface area contributed by atoms with Gasteiger partial charge in [0.15, 0.2) is 17.4 Å². The van der Waals surface area contributed by atoms with Gasteiger partial charge in [-0.1, -0.05) is 64.1 Å². The number of carbonyl (C=O) groups excluding carboxylic acids is 1. The number of fused-ring (bicyclic) bond motifs is 2. The number of aliphatic hydroxyl groups is 1. The summed E-state index contributed by atoms with van der Waals surface area (Å²) < 4.78 is 51.8. The Hall–Kier alpha value is -3.61. The minimum Gasteiger partial charge on any atom is -0.479 e. The Bertz CT molecular complexity index is 1810. The van der Waals surface area contributed by atoms with Crippen molar-refractivity contribution >= 4 is 35.5 Å². The van der Waals surface area contributed by atoms with Crippen LogP contribution in [0.3, 0.4) is 0 Å². The summed E-state index contributed by atoms with van der Waals surface area (Å²) in [6.45, 7) is 9.56. The Labute approximate surface area is 273 Å². The van der Waals surface area contributed by atoms with Crippen LogP contribution >= 0.6 is 7.60 Å². The fourth-order valence-corrected chi connectivity index (χ4v) is 7.78. The second-order valence-electron chi connectivity index (χ2n) is 13.4. The number of aryl methyl sites for hydroxylation is 1. The van der Waals surface area contributed by atoms with Crippen LogP contribution in [0.25, 0.3) is 21.9 Å². The number of imidazole rings is 1. The summed E-state index contributed by atoms with van der Waals surface area (Å²) in [7, 11) is -2.55. The highest BCUT2D eigenvalue weighted by Crippen LogP contribution is 2.54. The molecule has 0 amide bonds. The molecule has 0 aliphatic carbocycles. The zero-order chi connectivity index (χ0) is 33.6. The van der Waals surface area contributed by atoms with Crippen LogP contribution in [0.5, 0.6) is 11.6 Å². The van der Waals surface area contributed by atoms with Crippen LogP contribution in [0.2, 0.25) is 0 Å². The topological polar surface area (TPSA) is 153 Å². The molecule has 2 saturated heterocycles. The molecule has 2 fully saturated rings. The summed E-state index contributed by atoms with van der Waals surface area (Å²) in [6.07, 6.45) is -1.15. The third-order valence-electron chi connectivity index (χ3n) is 8.36. The van der Waals surface area contributed by atoms with Gasteiger partial charge in [-0.05, 0) is 23.8 Å². The van der Waals surface area contributed by atoms with Crippen molar-refractivity contribution in [3.05, 3.63) is 54.6 Å². The van der Waals surface area contributed by atoms with Crippen LogP contribution in [-0.2, 0) is 28.1 Å². The number of benzene rings is 2. The molecule has 0 saturated carbocycles. The van der Waals surface area contributed by atoms with Gasteiger partial charge in [0.05, 0.1) is 45.3 Å². The van der Waals surface area contributed by atoms with Gasteiger partial charge in [0.25, 0.3) is 0 Å². The van der Waals surface area contributed by atoms with Gasteiger partial charge in [0.2, 0.25) is 5.88 Å². The highest BCUT2D eigenvalue weighted by atomic mass is 31.2. The molecule has 1 spiro atoms. The van der Waals surface area contributed by atoms with Crippen LogP contribution in [0, 0.1) is 18.3 Å². The molecule has 2 aromatic carbocycles. The smallest absolute Gasteiger partial charge is 0.380 e. The number of aliphatic hydroxyl groups excluding tert-OH is 1. The quantitative estimate of drug-likeness (QED) is 0.165. The Morgan fingerprint density at radius 1 is 1.19 bits per heavy atom. The van der Waals surface area contributed by atoms with E-state index < -0.39 is 43.5 Å². The van der Waals surface area contributed by atoms with Gasteiger partial charge in [0, 0.05) is 11.8 Å². The molecular formula is C33H41N4O9P. The maximum Gasteiger partial charge on any atom is 0.380 e. The molecular weight excluding hydrogens is 627 g/mol. The Morgan fingerprint density at radius 2 is 1.94 bits per heavy atom. The van der Waals surface area contributed by atoms with Crippen molar-refractivity contribution in [1.82, 2.24) is 19.5 Å². The van der Waals surface area contributed by atoms with E-state index in [0.717, 1.165) is 10.8 Å². The van der Waals surface area contributed by atoms with Crippen molar-refractivity contribution in [3.8, 4) is 11.6 Å². The van der Waals surface area contributed by atoms with Crippen molar-refractivity contribution < 1.29 is 42.5 Å². The standard InChI is InChI=1S/C33H41N4O9P/c1-20(30(39)42-18-32(3,4)5)17-47(40,46-24-13-9-11-22-10-7-8-12-23(22)24)44-16-25-27(38)33(14-15-43-33)31(45-25)37-19-34-26-28(37)35-21(2)36-29(26)41-6/h7-13,19-20,25,27,31,38H,14-18H2,1-6H3/t20-,25?,27-,31?,33-,47?/m1/s1. The minimum absolute atomic E-state index is 0.205. The molecule has 0 radical (unpaired) electrons. The SMILES string of the molecule is COc1nc(C)nc2c1ncn2C1OC(COP(=O)(C[C@@H](C)C(=O)OCC(C)(C)C)Oc2cccc3ccccc23)[C@@H](O)[C@]12CCO2. The van der Waals surface area contributed by atoms with Crippen molar-refractivity contribution in [3.63, 3.8) is 0 Å². The molecule has 4 heterocycles. The predicted molar refractivity (Wildman–Crippen MR) is 172 cm³/mol. The Morgan fingerprint density at radius 3 is 2.64 bits per heavy atom. The molecule has 6 atom stereocenters. The molecule has 14 heteroatoms. The van der Waals surface area contributed by atoms with Gasteiger partial charge in [0.1, 0.15) is 29.4 Å². The number of aromatic nitrogens is 4. The molecule has 2 aliphatic rings. The summed E-state index contributed by atoms with van der Waals surface area (Å²) in [4.78, 5) is 26.3. The number of methoxy groups -OCH3 is 1. The maximum absolute atomic E-state index is 14.6. The third-order valence-corrected chi connectivity index (χ3v) is 10.4. The van der Waals surface area contributed by atoms with E-state index in [0.29, 0.717) is 41.6 Å². The maximum atomic E-state index is 14.6. The number of hydrogen-bond acceptors (Lipinski definition) is 12. The average molecular weight is 669 g/mol. The van der Waals surface area contributed by atoms with Gasteiger partial charge < -0.3 is 28.6 Å². The predicted octanol–water partition coefficient (Wildman–Crippen LogP) is 5.23. The highest BCUT2D eigenvalue weighted by Gasteiger charge is 2.62. The first-order valence-corrected chi connectivity index (χ1v) is 17.4. The molecule has 3 unspecified atom stereocenters. The first kappa shape index (κ1) is 33.3. The molecule has 47 heavy (non-hydrogen) atoms. The van der Waals surface area contributed by atoms with Gasteiger partial charge in [-0.25, -0.2) is 14.5 Å². The van der Waals surface area contributed by atoms with E-state index in [4.69, 9.17) is 28.0 Å². The van der Waals surface area contributed by atoms with E-state index in [9.17, 15) is 14.5 Å². The van der Waals surface area contributed by atoms with Crippen LogP contribution < -0.4 is 9.26 Å². The van der Waals surface area contributed by atoms with Crippen molar-refractivity contribution in [2.45, 2.75) is 65.1 Å². The lowest BCUT2D eigenvalue weighted by Crippen LogP contribution is -2.56. The monoisotopic (exact) mass is 668 g/mol. The largest absolute Gasteiger partial charge is 0.479 e. The zero-order valence-corrected chi connectivity index (χ0v) is 28.3. The summed E-state index contributed by atoms with van der Waals surface area (Å²) in [6, 6.07) is 13.0. The fourth-order valence-electron chi connectivity index (χ4n) is 5.89. The molecule has 1 N–H and O–H groups in total. The minimum atomic E-state index is -4.06. The van der Waals surface area contributed by atoms with E-state index in [-0.39, 0.29) is 24.8 Å². The fraction of sp³-hybridized carbons (Fsp3) is 0.515. The van der Waals surface area contributed by atoms with E-state index in [1.807, 2.05) is 51.1 Å². The van der Waals surface area contributed by atoms with Crippen molar-refractivity contribution in [2.24, 2.45) is 11.3 Å².